The first-order chi connectivity index (χ1) is 15.0. The third-order valence-corrected chi connectivity index (χ3v) is 5.00. The van der Waals surface area contributed by atoms with Crippen molar-refractivity contribution in [1.82, 2.24) is 5.01 Å². The molecule has 3 aromatic rings. The van der Waals surface area contributed by atoms with Crippen LogP contribution in [0.2, 0.25) is 5.02 Å². The van der Waals surface area contributed by atoms with Crippen LogP contribution in [-0.4, -0.2) is 22.5 Å². The zero-order valence-electron chi connectivity index (χ0n) is 16.8. The van der Waals surface area contributed by atoms with Crippen molar-refractivity contribution in [2.75, 3.05) is 0 Å². The Balaban J connectivity index is 1.45. The van der Waals surface area contributed by atoms with Gasteiger partial charge in [-0.25, -0.2) is 0 Å². The number of hydrogen-bond acceptors (Lipinski definition) is 4. The van der Waals surface area contributed by atoms with Crippen molar-refractivity contribution >= 4 is 35.2 Å². The number of carbonyl (C=O) groups is 2. The highest BCUT2D eigenvalue weighted by atomic mass is 35.5. The quantitative estimate of drug-likeness (QED) is 0.404. The maximum absolute atomic E-state index is 12.8. The summed E-state index contributed by atoms with van der Waals surface area (Å²) in [5.74, 6) is -0.183. The lowest BCUT2D eigenvalue weighted by Crippen LogP contribution is -2.29. The van der Waals surface area contributed by atoms with Crippen molar-refractivity contribution in [1.29, 1.82) is 0 Å². The molecule has 0 bridgehead atoms. The molecule has 4 rings (SSSR count). The summed E-state index contributed by atoms with van der Waals surface area (Å²) in [7, 11) is 0. The fraction of sp³-hybridized carbons (Fsp3) is 0.0800. The molecule has 154 valence electrons. The maximum Gasteiger partial charge on any atom is 0.283 e. The predicted molar refractivity (Wildman–Crippen MR) is 121 cm³/mol. The number of hydrogen-bond donors (Lipinski definition) is 0. The van der Waals surface area contributed by atoms with Crippen molar-refractivity contribution < 1.29 is 14.3 Å². The Morgan fingerprint density at radius 1 is 1.03 bits per heavy atom. The highest BCUT2D eigenvalue weighted by molar-refractivity contribution is 6.31. The van der Waals surface area contributed by atoms with Gasteiger partial charge >= 0.3 is 0 Å². The standard InChI is InChI=1S/C25H19ClN2O3/c1-17-23(25(30)28(27-17)24(29)20-7-3-2-4-8-20)15-18-10-12-22(13-11-18)31-16-19-6-5-9-21(26)14-19/h2-15H,16H2,1H3/b23-15+. The molecule has 0 N–H and O–H groups in total. The highest BCUT2D eigenvalue weighted by Crippen LogP contribution is 2.22. The lowest BCUT2D eigenvalue weighted by molar-refractivity contribution is -0.123. The van der Waals surface area contributed by atoms with Gasteiger partial charge in [-0.05, 0) is 60.5 Å². The lowest BCUT2D eigenvalue weighted by Gasteiger charge is -2.09. The molecule has 0 saturated carbocycles. The molecule has 0 saturated heterocycles. The minimum absolute atomic E-state index is 0.386. The van der Waals surface area contributed by atoms with Crippen LogP contribution in [0.5, 0.6) is 5.75 Å². The number of carbonyl (C=O) groups excluding carboxylic acids is 2. The Morgan fingerprint density at radius 2 is 1.77 bits per heavy atom. The fourth-order valence-electron chi connectivity index (χ4n) is 3.15. The second-order valence-electron chi connectivity index (χ2n) is 7.02. The van der Waals surface area contributed by atoms with Gasteiger partial charge in [0.1, 0.15) is 12.4 Å². The van der Waals surface area contributed by atoms with Crippen LogP contribution in [0.3, 0.4) is 0 Å². The summed E-state index contributed by atoms with van der Waals surface area (Å²) in [5.41, 5.74) is 3.08. The third-order valence-electron chi connectivity index (χ3n) is 4.76. The number of rotatable bonds is 5. The van der Waals surface area contributed by atoms with Crippen LogP contribution in [0.25, 0.3) is 6.08 Å². The molecule has 1 heterocycles. The summed E-state index contributed by atoms with van der Waals surface area (Å²) in [6, 6.07) is 23.5. The van der Waals surface area contributed by atoms with Gasteiger partial charge in [-0.15, -0.1) is 0 Å². The number of ether oxygens (including phenoxy) is 1. The Hall–Kier alpha value is -3.70. The molecule has 1 aliphatic heterocycles. The second-order valence-corrected chi connectivity index (χ2v) is 7.46. The lowest BCUT2D eigenvalue weighted by atomic mass is 10.1. The summed E-state index contributed by atoms with van der Waals surface area (Å²) < 4.78 is 5.79. The third kappa shape index (κ3) is 4.73. The van der Waals surface area contributed by atoms with Crippen LogP contribution >= 0.6 is 11.6 Å². The molecule has 0 unspecified atom stereocenters. The van der Waals surface area contributed by atoms with Crippen molar-refractivity contribution in [2.24, 2.45) is 5.10 Å². The van der Waals surface area contributed by atoms with Gasteiger partial charge in [0.05, 0.1) is 11.3 Å². The first-order valence-electron chi connectivity index (χ1n) is 9.70. The largest absolute Gasteiger partial charge is 0.489 e. The predicted octanol–water partition coefficient (Wildman–Crippen LogP) is 5.36. The summed E-state index contributed by atoms with van der Waals surface area (Å²) >= 11 is 5.99. The van der Waals surface area contributed by atoms with E-state index in [0.717, 1.165) is 16.1 Å². The molecule has 0 aromatic heterocycles. The van der Waals surface area contributed by atoms with E-state index in [2.05, 4.69) is 5.10 Å². The van der Waals surface area contributed by atoms with Gasteiger partial charge in [0.15, 0.2) is 0 Å². The van der Waals surface area contributed by atoms with Crippen molar-refractivity contribution in [2.45, 2.75) is 13.5 Å². The summed E-state index contributed by atoms with van der Waals surface area (Å²) in [6.45, 7) is 2.12. The number of benzene rings is 3. The van der Waals surface area contributed by atoms with E-state index >= 15 is 0 Å². The average Bonchev–Trinajstić information content (AvgIpc) is 3.07. The van der Waals surface area contributed by atoms with E-state index in [4.69, 9.17) is 16.3 Å². The van der Waals surface area contributed by atoms with Crippen LogP contribution in [0.15, 0.2) is 89.5 Å². The summed E-state index contributed by atoms with van der Waals surface area (Å²) in [4.78, 5) is 25.4. The Bertz CT molecular complexity index is 1180. The van der Waals surface area contributed by atoms with Gasteiger partial charge in [0.25, 0.3) is 11.8 Å². The zero-order chi connectivity index (χ0) is 21.8. The normalized spacial score (nSPS) is 14.6. The molecular weight excluding hydrogens is 412 g/mol. The molecule has 0 aliphatic carbocycles. The first-order valence-corrected chi connectivity index (χ1v) is 10.1. The van der Waals surface area contributed by atoms with Crippen molar-refractivity contribution in [3.63, 3.8) is 0 Å². The SMILES string of the molecule is CC1=NN(C(=O)c2ccccc2)C(=O)/C1=C/c1ccc(OCc2cccc(Cl)c2)cc1. The second kappa shape index (κ2) is 8.98. The molecule has 31 heavy (non-hydrogen) atoms. The number of hydrazone groups is 1. The molecule has 5 nitrogen and oxygen atoms in total. The minimum Gasteiger partial charge on any atom is -0.489 e. The van der Waals surface area contributed by atoms with E-state index in [1.165, 1.54) is 0 Å². The van der Waals surface area contributed by atoms with Gasteiger partial charge < -0.3 is 4.74 Å². The van der Waals surface area contributed by atoms with Gasteiger partial charge in [-0.3, -0.25) is 9.59 Å². The highest BCUT2D eigenvalue weighted by Gasteiger charge is 2.32. The molecule has 0 fully saturated rings. The van der Waals surface area contributed by atoms with Gasteiger partial charge in [-0.1, -0.05) is 54.1 Å². The van der Waals surface area contributed by atoms with E-state index in [0.29, 0.717) is 34.2 Å². The molecular formula is C25H19ClN2O3. The van der Waals surface area contributed by atoms with E-state index in [9.17, 15) is 9.59 Å². The van der Waals surface area contributed by atoms with Crippen molar-refractivity contribution in [3.05, 3.63) is 106 Å². The van der Waals surface area contributed by atoms with Crippen molar-refractivity contribution in [3.8, 4) is 5.75 Å². The monoisotopic (exact) mass is 430 g/mol. The van der Waals surface area contributed by atoms with Crippen LogP contribution in [-0.2, 0) is 11.4 Å². The molecule has 0 spiro atoms. The number of amides is 2. The van der Waals surface area contributed by atoms with Gasteiger partial charge in [0.2, 0.25) is 0 Å². The van der Waals surface area contributed by atoms with E-state index in [-0.39, 0.29) is 0 Å². The Labute approximate surface area is 185 Å². The molecule has 0 radical (unpaired) electrons. The smallest absolute Gasteiger partial charge is 0.283 e. The molecule has 1 aliphatic rings. The van der Waals surface area contributed by atoms with Crippen LogP contribution in [0.1, 0.15) is 28.4 Å². The average molecular weight is 431 g/mol. The molecule has 3 aromatic carbocycles. The van der Waals surface area contributed by atoms with E-state index in [1.54, 1.807) is 37.3 Å². The Morgan fingerprint density at radius 3 is 2.48 bits per heavy atom. The Kier molecular flexibility index (Phi) is 5.96. The molecule has 0 atom stereocenters. The molecule has 2 amide bonds. The zero-order valence-corrected chi connectivity index (χ0v) is 17.5. The summed E-state index contributed by atoms with van der Waals surface area (Å²) in [6.07, 6.45) is 1.72. The number of imide groups is 1. The molecule has 6 heteroatoms. The fourth-order valence-corrected chi connectivity index (χ4v) is 3.36. The van der Waals surface area contributed by atoms with Gasteiger partial charge in [-0.2, -0.15) is 10.1 Å². The number of nitrogens with zero attached hydrogens (tertiary/aromatic N) is 2. The minimum atomic E-state index is -0.446. The van der Waals surface area contributed by atoms with Crippen LogP contribution in [0, 0.1) is 0 Å². The van der Waals surface area contributed by atoms with Crippen LogP contribution in [0.4, 0.5) is 0 Å². The topological polar surface area (TPSA) is 59.0 Å². The van der Waals surface area contributed by atoms with Gasteiger partial charge in [0, 0.05) is 10.6 Å². The van der Waals surface area contributed by atoms with Crippen LogP contribution < -0.4 is 4.74 Å². The number of halogens is 1. The summed E-state index contributed by atoms with van der Waals surface area (Å²) in [5, 5.41) is 5.74. The maximum atomic E-state index is 12.8. The van der Waals surface area contributed by atoms with E-state index < -0.39 is 11.8 Å². The first kappa shape index (κ1) is 20.6. The van der Waals surface area contributed by atoms with E-state index in [1.807, 2.05) is 54.6 Å².